The number of hydrogen-bond donors (Lipinski definition) is 1. The summed E-state index contributed by atoms with van der Waals surface area (Å²) < 4.78 is 15.4. The molecule has 25 heavy (non-hydrogen) atoms. The smallest absolute Gasteiger partial charge is 0.325 e. The zero-order valence-electron chi connectivity index (χ0n) is 14.2. The number of amides is 3. The summed E-state index contributed by atoms with van der Waals surface area (Å²) in [4.78, 5) is 37.5. The third kappa shape index (κ3) is 3.11. The summed E-state index contributed by atoms with van der Waals surface area (Å²) in [6.45, 7) is 3.98. The Hall–Kier alpha value is -2.77. The van der Waals surface area contributed by atoms with Gasteiger partial charge in [-0.3, -0.25) is 14.5 Å². The lowest BCUT2D eigenvalue weighted by Crippen LogP contribution is -2.41. The maximum Gasteiger partial charge on any atom is 0.325 e. The molecule has 1 saturated heterocycles. The van der Waals surface area contributed by atoms with Crippen molar-refractivity contribution in [3.05, 3.63) is 23.8 Å². The molecule has 0 saturated carbocycles. The van der Waals surface area contributed by atoms with Crippen molar-refractivity contribution in [2.75, 3.05) is 19.9 Å². The van der Waals surface area contributed by atoms with Crippen molar-refractivity contribution >= 4 is 17.9 Å². The minimum atomic E-state index is -1.18. The normalized spacial score (nSPS) is 21.4. The molecule has 2 aliphatic heterocycles. The lowest BCUT2D eigenvalue weighted by Gasteiger charge is -2.22. The van der Waals surface area contributed by atoms with Crippen LogP contribution in [-0.2, 0) is 19.9 Å². The van der Waals surface area contributed by atoms with Crippen molar-refractivity contribution in [2.24, 2.45) is 0 Å². The van der Waals surface area contributed by atoms with Crippen molar-refractivity contribution in [3.63, 3.8) is 0 Å². The second-order valence-corrected chi connectivity index (χ2v) is 5.99. The Bertz CT molecular complexity index is 719. The van der Waals surface area contributed by atoms with E-state index < -0.39 is 11.6 Å². The molecule has 2 aliphatic rings. The van der Waals surface area contributed by atoms with Crippen molar-refractivity contribution < 1.29 is 28.6 Å². The van der Waals surface area contributed by atoms with Gasteiger partial charge < -0.3 is 19.5 Å². The van der Waals surface area contributed by atoms with E-state index >= 15 is 0 Å². The SMILES string of the molecule is CCOC(=O)CCCN1C(=O)NC(C)(c2ccc3c(c2)OCO3)C1=O. The first kappa shape index (κ1) is 17.1. The number of hydrogen-bond acceptors (Lipinski definition) is 6. The fraction of sp³-hybridized carbons (Fsp3) is 0.471. The van der Waals surface area contributed by atoms with Crippen LogP contribution in [0.15, 0.2) is 18.2 Å². The van der Waals surface area contributed by atoms with E-state index in [9.17, 15) is 14.4 Å². The Morgan fingerprint density at radius 3 is 2.84 bits per heavy atom. The topological polar surface area (TPSA) is 94.2 Å². The molecule has 3 amide bonds. The van der Waals surface area contributed by atoms with Gasteiger partial charge in [-0.1, -0.05) is 6.07 Å². The number of esters is 1. The molecule has 1 N–H and O–H groups in total. The van der Waals surface area contributed by atoms with Gasteiger partial charge in [-0.25, -0.2) is 4.79 Å². The maximum absolute atomic E-state index is 12.8. The molecule has 0 radical (unpaired) electrons. The molecular weight excluding hydrogens is 328 g/mol. The van der Waals surface area contributed by atoms with E-state index in [4.69, 9.17) is 14.2 Å². The molecule has 1 atom stereocenters. The molecule has 3 rings (SSSR count). The van der Waals surface area contributed by atoms with Gasteiger partial charge in [-0.05, 0) is 38.0 Å². The number of urea groups is 1. The van der Waals surface area contributed by atoms with E-state index in [1.165, 1.54) is 0 Å². The number of nitrogens with one attached hydrogen (secondary N) is 1. The van der Waals surface area contributed by atoms with Crippen LogP contribution in [0.5, 0.6) is 11.5 Å². The second-order valence-electron chi connectivity index (χ2n) is 5.99. The summed E-state index contributed by atoms with van der Waals surface area (Å²) in [5.74, 6) is 0.449. The summed E-state index contributed by atoms with van der Waals surface area (Å²) in [5.41, 5.74) is -0.565. The maximum atomic E-state index is 12.8. The molecule has 134 valence electrons. The molecule has 1 aromatic carbocycles. The molecule has 0 aromatic heterocycles. The van der Waals surface area contributed by atoms with E-state index in [1.807, 2.05) is 0 Å². The highest BCUT2D eigenvalue weighted by atomic mass is 16.7. The van der Waals surface area contributed by atoms with Gasteiger partial charge in [0, 0.05) is 13.0 Å². The van der Waals surface area contributed by atoms with Crippen LogP contribution in [0.4, 0.5) is 4.79 Å². The number of nitrogens with zero attached hydrogens (tertiary/aromatic N) is 1. The lowest BCUT2D eigenvalue weighted by atomic mass is 9.91. The van der Waals surface area contributed by atoms with Crippen molar-refractivity contribution in [3.8, 4) is 11.5 Å². The van der Waals surface area contributed by atoms with Crippen LogP contribution in [-0.4, -0.2) is 42.8 Å². The van der Waals surface area contributed by atoms with Crippen LogP contribution in [0.25, 0.3) is 0 Å². The van der Waals surface area contributed by atoms with Gasteiger partial charge in [0.1, 0.15) is 5.54 Å². The van der Waals surface area contributed by atoms with E-state index in [2.05, 4.69) is 5.32 Å². The summed E-state index contributed by atoms with van der Waals surface area (Å²) in [7, 11) is 0. The zero-order chi connectivity index (χ0) is 18.0. The monoisotopic (exact) mass is 348 g/mol. The minimum absolute atomic E-state index is 0.135. The van der Waals surface area contributed by atoms with Crippen molar-refractivity contribution in [2.45, 2.75) is 32.2 Å². The minimum Gasteiger partial charge on any atom is -0.466 e. The average molecular weight is 348 g/mol. The number of benzene rings is 1. The number of carbonyl (C=O) groups excluding carboxylic acids is 3. The summed E-state index contributed by atoms with van der Waals surface area (Å²) in [6.07, 6.45) is 0.515. The fourth-order valence-electron chi connectivity index (χ4n) is 2.92. The van der Waals surface area contributed by atoms with Crippen molar-refractivity contribution in [1.29, 1.82) is 0 Å². The number of imide groups is 1. The quantitative estimate of drug-likeness (QED) is 0.619. The molecule has 1 aromatic rings. The van der Waals surface area contributed by atoms with E-state index in [0.717, 1.165) is 4.90 Å². The number of rotatable bonds is 6. The Morgan fingerprint density at radius 1 is 1.32 bits per heavy atom. The van der Waals surface area contributed by atoms with Gasteiger partial charge in [-0.2, -0.15) is 0 Å². The molecule has 0 bridgehead atoms. The van der Waals surface area contributed by atoms with Gasteiger partial charge in [0.2, 0.25) is 6.79 Å². The van der Waals surface area contributed by atoms with Crippen LogP contribution in [0, 0.1) is 0 Å². The number of ether oxygens (including phenoxy) is 3. The predicted molar refractivity (Wildman–Crippen MR) is 86.0 cm³/mol. The van der Waals surface area contributed by atoms with E-state index in [1.54, 1.807) is 32.0 Å². The summed E-state index contributed by atoms with van der Waals surface area (Å²) in [6, 6.07) is 4.66. The Labute approximate surface area is 145 Å². The van der Waals surface area contributed by atoms with Crippen LogP contribution in [0.1, 0.15) is 32.3 Å². The van der Waals surface area contributed by atoms with Gasteiger partial charge in [0.05, 0.1) is 6.61 Å². The molecule has 8 nitrogen and oxygen atoms in total. The second kappa shape index (κ2) is 6.62. The molecule has 2 heterocycles. The third-order valence-corrected chi connectivity index (χ3v) is 4.29. The zero-order valence-corrected chi connectivity index (χ0v) is 14.2. The summed E-state index contributed by atoms with van der Waals surface area (Å²) >= 11 is 0. The number of fused-ring (bicyclic) bond motifs is 1. The first-order valence-corrected chi connectivity index (χ1v) is 8.15. The van der Waals surface area contributed by atoms with E-state index in [-0.39, 0.29) is 31.6 Å². The predicted octanol–water partition coefficient (Wildman–Crippen LogP) is 1.53. The highest BCUT2D eigenvalue weighted by molar-refractivity contribution is 6.07. The standard InChI is InChI=1S/C17H20N2O6/c1-3-23-14(20)5-4-8-19-15(21)17(2,18-16(19)22)11-6-7-12-13(9-11)25-10-24-12/h6-7,9H,3-5,8,10H2,1-2H3,(H,18,22). The van der Waals surface area contributed by atoms with Gasteiger partial charge in [0.15, 0.2) is 11.5 Å². The highest BCUT2D eigenvalue weighted by Gasteiger charge is 2.49. The van der Waals surface area contributed by atoms with Crippen LogP contribution in [0.3, 0.4) is 0 Å². The molecule has 0 aliphatic carbocycles. The summed E-state index contributed by atoms with van der Waals surface area (Å²) in [5, 5.41) is 2.73. The fourth-order valence-corrected chi connectivity index (χ4v) is 2.92. The van der Waals surface area contributed by atoms with Crippen LogP contribution in [0.2, 0.25) is 0 Å². The lowest BCUT2D eigenvalue weighted by molar-refractivity contribution is -0.143. The molecule has 8 heteroatoms. The molecular formula is C17H20N2O6. The molecule has 1 fully saturated rings. The van der Waals surface area contributed by atoms with Crippen molar-refractivity contribution in [1.82, 2.24) is 10.2 Å². The first-order valence-electron chi connectivity index (χ1n) is 8.15. The highest BCUT2D eigenvalue weighted by Crippen LogP contribution is 2.37. The van der Waals surface area contributed by atoms with Crippen LogP contribution < -0.4 is 14.8 Å². The number of carbonyl (C=O) groups is 3. The third-order valence-electron chi connectivity index (χ3n) is 4.29. The largest absolute Gasteiger partial charge is 0.466 e. The Kier molecular flexibility index (Phi) is 4.52. The van der Waals surface area contributed by atoms with Gasteiger partial charge in [0.25, 0.3) is 5.91 Å². The first-order chi connectivity index (χ1) is 12.0. The van der Waals surface area contributed by atoms with Gasteiger partial charge >= 0.3 is 12.0 Å². The van der Waals surface area contributed by atoms with E-state index in [0.29, 0.717) is 30.1 Å². The molecule has 1 unspecified atom stereocenters. The molecule has 0 spiro atoms. The van der Waals surface area contributed by atoms with Crippen LogP contribution >= 0.6 is 0 Å². The average Bonchev–Trinajstić information content (AvgIpc) is 3.13. The Balaban J connectivity index is 1.70. The Morgan fingerprint density at radius 2 is 2.08 bits per heavy atom. The van der Waals surface area contributed by atoms with Gasteiger partial charge in [-0.15, -0.1) is 0 Å².